The van der Waals surface area contributed by atoms with Crippen molar-refractivity contribution in [2.45, 2.75) is 77.0 Å². The second kappa shape index (κ2) is 8.69. The summed E-state index contributed by atoms with van der Waals surface area (Å²) in [6.45, 7) is 4.39. The molecule has 3 aliphatic heterocycles. The van der Waals surface area contributed by atoms with Gasteiger partial charge in [0.05, 0.1) is 36.5 Å². The molecule has 0 bridgehead atoms. The fourth-order valence-electron chi connectivity index (χ4n) is 5.27. The summed E-state index contributed by atoms with van der Waals surface area (Å²) in [4.78, 5) is 46.8. The summed E-state index contributed by atoms with van der Waals surface area (Å²) >= 11 is 0. The molecule has 2 fully saturated rings. The van der Waals surface area contributed by atoms with E-state index in [1.165, 1.54) is 4.52 Å². The third-order valence-corrected chi connectivity index (χ3v) is 6.96. The van der Waals surface area contributed by atoms with Crippen LogP contribution in [0.15, 0.2) is 10.9 Å². The lowest BCUT2D eigenvalue weighted by molar-refractivity contribution is -0.134. The van der Waals surface area contributed by atoms with Crippen LogP contribution in [0.5, 0.6) is 0 Å². The number of carbonyl (C=O) groups is 2. The number of carbonyl (C=O) groups excluding carboxylic acids is 2. The van der Waals surface area contributed by atoms with Gasteiger partial charge >= 0.3 is 0 Å². The molecule has 2 unspecified atom stereocenters. The van der Waals surface area contributed by atoms with Crippen LogP contribution < -0.4 is 5.56 Å². The predicted octanol–water partition coefficient (Wildman–Crippen LogP) is 1.94. The quantitative estimate of drug-likeness (QED) is 0.764. The second-order valence-electron chi connectivity index (χ2n) is 9.15. The van der Waals surface area contributed by atoms with Gasteiger partial charge < -0.3 is 14.5 Å². The van der Waals surface area contributed by atoms with E-state index < -0.39 is 0 Å². The van der Waals surface area contributed by atoms with Crippen molar-refractivity contribution in [2.24, 2.45) is 0 Å². The average Bonchev–Trinajstić information content (AvgIpc) is 3.54. The topological polar surface area (TPSA) is 100 Å². The zero-order valence-electron chi connectivity index (χ0n) is 18.6. The van der Waals surface area contributed by atoms with Crippen molar-refractivity contribution >= 4 is 17.5 Å². The summed E-state index contributed by atoms with van der Waals surface area (Å²) in [6, 6.07) is 1.81. The van der Waals surface area contributed by atoms with Gasteiger partial charge in [-0.15, -0.1) is 0 Å². The van der Waals surface area contributed by atoms with E-state index >= 15 is 0 Å². The van der Waals surface area contributed by atoms with Gasteiger partial charge in [-0.05, 0) is 38.5 Å². The van der Waals surface area contributed by atoms with E-state index in [4.69, 9.17) is 9.72 Å². The minimum atomic E-state index is -0.103. The molecule has 3 aliphatic rings. The van der Waals surface area contributed by atoms with Gasteiger partial charge in [-0.2, -0.15) is 0 Å². The number of rotatable bonds is 5. The number of fused-ring (bicyclic) bond motifs is 2. The third-order valence-electron chi connectivity index (χ3n) is 6.96. The van der Waals surface area contributed by atoms with Crippen molar-refractivity contribution in [1.29, 1.82) is 0 Å². The Kier molecular flexibility index (Phi) is 5.75. The molecule has 0 aromatic carbocycles. The van der Waals surface area contributed by atoms with Crippen molar-refractivity contribution in [3.63, 3.8) is 0 Å². The number of ether oxygens (including phenoxy) is 1. The Morgan fingerprint density at radius 3 is 2.88 bits per heavy atom. The summed E-state index contributed by atoms with van der Waals surface area (Å²) in [5.41, 5.74) is 2.65. The molecule has 172 valence electrons. The Balaban J connectivity index is 1.40. The molecule has 1 N–H and O–H groups in total. The smallest absolute Gasteiger partial charge is 0.276 e. The van der Waals surface area contributed by atoms with Gasteiger partial charge in [0.1, 0.15) is 0 Å². The van der Waals surface area contributed by atoms with E-state index in [-0.39, 0.29) is 29.5 Å². The van der Waals surface area contributed by atoms with Crippen LogP contribution in [0.2, 0.25) is 0 Å². The van der Waals surface area contributed by atoms with Gasteiger partial charge in [-0.1, -0.05) is 6.92 Å². The van der Waals surface area contributed by atoms with Crippen LogP contribution in [0, 0.1) is 0 Å². The number of aromatic nitrogens is 3. The molecule has 0 aliphatic carbocycles. The third kappa shape index (κ3) is 3.83. The lowest BCUT2D eigenvalue weighted by atomic mass is 10.1. The molecule has 9 heteroatoms. The molecule has 2 amide bonds. The van der Waals surface area contributed by atoms with Gasteiger partial charge in [0.25, 0.3) is 5.56 Å². The molecule has 2 atom stereocenters. The second-order valence-corrected chi connectivity index (χ2v) is 9.15. The molecule has 5 heterocycles. The Morgan fingerprint density at radius 1 is 1.22 bits per heavy atom. The van der Waals surface area contributed by atoms with E-state index in [0.29, 0.717) is 49.3 Å². The minimum absolute atomic E-state index is 0.0286. The van der Waals surface area contributed by atoms with E-state index in [9.17, 15) is 14.4 Å². The van der Waals surface area contributed by atoms with Crippen LogP contribution in [-0.2, 0) is 27.3 Å². The Bertz CT molecular complexity index is 1080. The lowest BCUT2D eigenvalue weighted by Crippen LogP contribution is -2.39. The van der Waals surface area contributed by atoms with Crippen LogP contribution in [0.4, 0.5) is 0 Å². The standard InChI is InChI=1S/C23H31N5O4/c1-2-5-21(29)26-10-8-16-18(14-26)24-20-13-17(25-28(20)23(16)31)19-7-3-9-27(19)22(30)12-15-6-4-11-32-15/h13,15,19,25H,2-12,14H2,1H3. The van der Waals surface area contributed by atoms with Crippen molar-refractivity contribution in [3.05, 3.63) is 33.4 Å². The largest absolute Gasteiger partial charge is 0.378 e. The number of hydrogen-bond donors (Lipinski definition) is 1. The van der Waals surface area contributed by atoms with E-state index in [0.717, 1.165) is 50.9 Å². The summed E-state index contributed by atoms with van der Waals surface area (Å²) in [5, 5.41) is 3.22. The predicted molar refractivity (Wildman–Crippen MR) is 117 cm³/mol. The van der Waals surface area contributed by atoms with Crippen LogP contribution in [0.25, 0.3) is 5.65 Å². The number of nitrogens with one attached hydrogen (secondary N) is 1. The summed E-state index contributed by atoms with van der Waals surface area (Å²) in [5.74, 6) is 0.226. The normalized spacial score (nSPS) is 23.2. The number of likely N-dealkylation sites (tertiary alicyclic amines) is 1. The van der Waals surface area contributed by atoms with E-state index in [2.05, 4.69) is 5.10 Å². The van der Waals surface area contributed by atoms with Gasteiger partial charge in [-0.3, -0.25) is 19.5 Å². The molecule has 2 aromatic rings. The number of amides is 2. The van der Waals surface area contributed by atoms with E-state index in [1.54, 1.807) is 4.90 Å². The molecule has 5 rings (SSSR count). The number of H-pyrrole nitrogens is 1. The van der Waals surface area contributed by atoms with Crippen molar-refractivity contribution in [3.8, 4) is 0 Å². The Morgan fingerprint density at radius 2 is 2.09 bits per heavy atom. The molecule has 32 heavy (non-hydrogen) atoms. The Hall–Kier alpha value is -2.68. The van der Waals surface area contributed by atoms with Crippen LogP contribution in [0.1, 0.15) is 74.9 Å². The zero-order chi connectivity index (χ0) is 22.2. The lowest BCUT2D eigenvalue weighted by Gasteiger charge is -2.27. The number of nitrogens with zero attached hydrogens (tertiary/aromatic N) is 4. The minimum Gasteiger partial charge on any atom is -0.378 e. The zero-order valence-corrected chi connectivity index (χ0v) is 18.6. The summed E-state index contributed by atoms with van der Waals surface area (Å²) in [7, 11) is 0. The first-order chi connectivity index (χ1) is 15.5. The highest BCUT2D eigenvalue weighted by Gasteiger charge is 2.34. The molecule has 2 saturated heterocycles. The highest BCUT2D eigenvalue weighted by molar-refractivity contribution is 5.77. The maximum absolute atomic E-state index is 13.1. The number of aromatic amines is 1. The molecular weight excluding hydrogens is 410 g/mol. The molecule has 9 nitrogen and oxygen atoms in total. The molecule has 0 radical (unpaired) electrons. The highest BCUT2D eigenvalue weighted by Crippen LogP contribution is 2.33. The maximum Gasteiger partial charge on any atom is 0.276 e. The first-order valence-electron chi connectivity index (χ1n) is 11.9. The number of hydrogen-bond acceptors (Lipinski definition) is 5. The van der Waals surface area contributed by atoms with Gasteiger partial charge in [-0.25, -0.2) is 9.50 Å². The van der Waals surface area contributed by atoms with Crippen LogP contribution in [-0.4, -0.2) is 62.0 Å². The average molecular weight is 442 g/mol. The summed E-state index contributed by atoms with van der Waals surface area (Å²) < 4.78 is 7.15. The van der Waals surface area contributed by atoms with Crippen molar-refractivity contribution in [1.82, 2.24) is 24.4 Å². The highest BCUT2D eigenvalue weighted by atomic mass is 16.5. The molecule has 0 spiro atoms. The molecule has 2 aromatic heterocycles. The monoisotopic (exact) mass is 441 g/mol. The molecule has 0 saturated carbocycles. The van der Waals surface area contributed by atoms with Gasteiger partial charge in [0, 0.05) is 37.7 Å². The SMILES string of the molecule is CCCC(=O)N1CCc2c(nc3cc(C4CCCN4C(=O)CC4CCCO4)[nH]n3c2=O)C1. The Labute approximate surface area is 186 Å². The van der Waals surface area contributed by atoms with Crippen LogP contribution >= 0.6 is 0 Å². The van der Waals surface area contributed by atoms with Crippen molar-refractivity contribution in [2.75, 3.05) is 19.7 Å². The van der Waals surface area contributed by atoms with E-state index in [1.807, 2.05) is 17.9 Å². The fourth-order valence-corrected chi connectivity index (χ4v) is 5.27. The first kappa shape index (κ1) is 21.2. The van der Waals surface area contributed by atoms with Crippen LogP contribution in [0.3, 0.4) is 0 Å². The fraction of sp³-hybridized carbons (Fsp3) is 0.652. The first-order valence-corrected chi connectivity index (χ1v) is 11.9. The summed E-state index contributed by atoms with van der Waals surface area (Å²) in [6.07, 6.45) is 6.05. The molecular formula is C23H31N5O4. The van der Waals surface area contributed by atoms with Crippen molar-refractivity contribution < 1.29 is 14.3 Å². The maximum atomic E-state index is 13.1. The van der Waals surface area contributed by atoms with Gasteiger partial charge in [0.2, 0.25) is 11.8 Å². The van der Waals surface area contributed by atoms with Gasteiger partial charge in [0.15, 0.2) is 5.65 Å².